The average molecular weight is 374 g/mol. The predicted molar refractivity (Wildman–Crippen MR) is 103 cm³/mol. The monoisotopic (exact) mass is 374 g/mol. The van der Waals surface area contributed by atoms with Gasteiger partial charge >= 0.3 is 0 Å². The molecule has 0 spiro atoms. The Morgan fingerprint density at radius 3 is 3.04 bits per heavy atom. The van der Waals surface area contributed by atoms with E-state index in [9.17, 15) is 9.18 Å². The topological polar surface area (TPSA) is 56.7 Å². The van der Waals surface area contributed by atoms with Gasteiger partial charge in [0.2, 0.25) is 5.91 Å². The van der Waals surface area contributed by atoms with Gasteiger partial charge in [0.15, 0.2) is 5.96 Å². The molecule has 1 aromatic carbocycles. The van der Waals surface area contributed by atoms with E-state index in [-0.39, 0.29) is 11.7 Å². The number of benzene rings is 1. The molecule has 0 aliphatic carbocycles. The van der Waals surface area contributed by atoms with E-state index in [2.05, 4.69) is 27.1 Å². The van der Waals surface area contributed by atoms with Crippen molar-refractivity contribution in [1.82, 2.24) is 15.5 Å². The van der Waals surface area contributed by atoms with Crippen molar-refractivity contribution in [3.63, 3.8) is 0 Å². The van der Waals surface area contributed by atoms with Gasteiger partial charge in [0, 0.05) is 44.5 Å². The van der Waals surface area contributed by atoms with E-state index < -0.39 is 0 Å². The number of carbonyl (C=O) groups excluding carboxylic acids is 1. The molecule has 7 heteroatoms. The molecule has 2 heterocycles. The highest BCUT2D eigenvalue weighted by atomic mass is 32.1. The zero-order chi connectivity index (χ0) is 18.4. The van der Waals surface area contributed by atoms with Gasteiger partial charge in [-0.25, -0.2) is 4.39 Å². The lowest BCUT2D eigenvalue weighted by Gasteiger charge is -2.27. The lowest BCUT2D eigenvalue weighted by atomic mass is 10.1. The second kappa shape index (κ2) is 8.80. The smallest absolute Gasteiger partial charge is 0.224 e. The van der Waals surface area contributed by atoms with E-state index in [1.54, 1.807) is 24.5 Å². The molecule has 0 radical (unpaired) electrons. The summed E-state index contributed by atoms with van der Waals surface area (Å²) in [6.07, 6.45) is 1.36. The van der Waals surface area contributed by atoms with Gasteiger partial charge < -0.3 is 15.5 Å². The van der Waals surface area contributed by atoms with Crippen LogP contribution in [0, 0.1) is 5.82 Å². The lowest BCUT2D eigenvalue weighted by molar-refractivity contribution is -0.131. The fourth-order valence-electron chi connectivity index (χ4n) is 2.96. The number of rotatable bonds is 5. The minimum Gasteiger partial charge on any atom is -0.356 e. The Hall–Kier alpha value is -2.41. The van der Waals surface area contributed by atoms with Crippen LogP contribution in [-0.4, -0.2) is 36.9 Å². The van der Waals surface area contributed by atoms with E-state index in [0.717, 1.165) is 18.5 Å². The third kappa shape index (κ3) is 4.82. The van der Waals surface area contributed by atoms with E-state index in [0.29, 0.717) is 32.0 Å². The van der Waals surface area contributed by atoms with Crippen LogP contribution in [0.1, 0.15) is 22.4 Å². The van der Waals surface area contributed by atoms with Gasteiger partial charge in [0.05, 0.1) is 0 Å². The van der Waals surface area contributed by atoms with Crippen LogP contribution in [0.4, 0.5) is 4.39 Å². The van der Waals surface area contributed by atoms with Crippen molar-refractivity contribution in [2.24, 2.45) is 4.99 Å². The minimum absolute atomic E-state index is 0.148. The molecule has 0 atom stereocenters. The maximum Gasteiger partial charge on any atom is 0.224 e. The molecular weight excluding hydrogens is 351 g/mol. The SMILES string of the molecule is CN=C(NCCC(=O)N1CCc2sccc2C1)NCc1cccc(F)c1. The van der Waals surface area contributed by atoms with Crippen LogP contribution in [0.2, 0.25) is 0 Å². The summed E-state index contributed by atoms with van der Waals surface area (Å²) >= 11 is 1.77. The first-order chi connectivity index (χ1) is 12.7. The third-order valence-electron chi connectivity index (χ3n) is 4.36. The van der Waals surface area contributed by atoms with E-state index in [4.69, 9.17) is 0 Å². The van der Waals surface area contributed by atoms with Gasteiger partial charge in [-0.3, -0.25) is 9.79 Å². The molecule has 5 nitrogen and oxygen atoms in total. The molecular formula is C19H23FN4OS. The maximum absolute atomic E-state index is 13.2. The van der Waals surface area contributed by atoms with Crippen LogP contribution in [0.25, 0.3) is 0 Å². The molecule has 2 N–H and O–H groups in total. The standard InChI is InChI=1S/C19H23FN4OS/c1-21-19(23-12-14-3-2-4-16(20)11-14)22-8-5-18(25)24-9-6-17-15(13-24)7-10-26-17/h2-4,7,10-11H,5-6,8-9,12-13H2,1H3,(H2,21,22,23). The fourth-order valence-corrected chi connectivity index (χ4v) is 3.85. The molecule has 1 aliphatic rings. The van der Waals surface area contributed by atoms with Gasteiger partial charge in [-0.15, -0.1) is 11.3 Å². The Morgan fingerprint density at radius 2 is 2.23 bits per heavy atom. The van der Waals surface area contributed by atoms with Gasteiger partial charge in [0.1, 0.15) is 5.82 Å². The number of nitrogens with one attached hydrogen (secondary N) is 2. The van der Waals surface area contributed by atoms with Crippen LogP contribution in [-0.2, 0) is 24.3 Å². The predicted octanol–water partition coefficient (Wildman–Crippen LogP) is 2.53. The molecule has 1 amide bonds. The largest absolute Gasteiger partial charge is 0.356 e. The van der Waals surface area contributed by atoms with Crippen LogP contribution in [0.15, 0.2) is 40.7 Å². The number of nitrogens with zero attached hydrogens (tertiary/aromatic N) is 2. The summed E-state index contributed by atoms with van der Waals surface area (Å²) in [6, 6.07) is 8.54. The number of halogens is 1. The lowest BCUT2D eigenvalue weighted by Crippen LogP contribution is -2.40. The number of carbonyl (C=O) groups is 1. The van der Waals surface area contributed by atoms with Crippen molar-refractivity contribution >= 4 is 23.2 Å². The van der Waals surface area contributed by atoms with Gasteiger partial charge in [0.25, 0.3) is 0 Å². The summed E-state index contributed by atoms with van der Waals surface area (Å²) in [5.74, 6) is 0.490. The number of hydrogen-bond donors (Lipinski definition) is 2. The number of amides is 1. The van der Waals surface area contributed by atoms with E-state index in [1.165, 1.54) is 22.6 Å². The highest BCUT2D eigenvalue weighted by Crippen LogP contribution is 2.24. The molecule has 26 heavy (non-hydrogen) atoms. The molecule has 1 aliphatic heterocycles. The first kappa shape index (κ1) is 18.4. The van der Waals surface area contributed by atoms with Crippen molar-refractivity contribution in [2.45, 2.75) is 25.9 Å². The first-order valence-electron chi connectivity index (χ1n) is 8.67. The fraction of sp³-hybridized carbons (Fsp3) is 0.368. The van der Waals surface area contributed by atoms with Crippen LogP contribution in [0.5, 0.6) is 0 Å². The summed E-state index contributed by atoms with van der Waals surface area (Å²) in [5, 5.41) is 8.35. The van der Waals surface area contributed by atoms with Gasteiger partial charge in [-0.05, 0) is 41.1 Å². The second-order valence-corrected chi connectivity index (χ2v) is 7.17. The van der Waals surface area contributed by atoms with Crippen molar-refractivity contribution < 1.29 is 9.18 Å². The Balaban J connectivity index is 1.41. The summed E-state index contributed by atoms with van der Waals surface area (Å²) in [5.41, 5.74) is 2.11. The summed E-state index contributed by atoms with van der Waals surface area (Å²) < 4.78 is 13.2. The van der Waals surface area contributed by atoms with Crippen molar-refractivity contribution in [3.05, 3.63) is 57.5 Å². The number of guanidine groups is 1. The Morgan fingerprint density at radius 1 is 1.35 bits per heavy atom. The molecule has 0 saturated heterocycles. The quantitative estimate of drug-likeness (QED) is 0.625. The number of hydrogen-bond acceptors (Lipinski definition) is 3. The molecule has 0 bridgehead atoms. The Labute approximate surface area is 156 Å². The molecule has 0 saturated carbocycles. The van der Waals surface area contributed by atoms with Crippen molar-refractivity contribution in [2.75, 3.05) is 20.1 Å². The highest BCUT2D eigenvalue weighted by Gasteiger charge is 2.20. The van der Waals surface area contributed by atoms with Crippen molar-refractivity contribution in [3.8, 4) is 0 Å². The molecule has 138 valence electrons. The van der Waals surface area contributed by atoms with Crippen LogP contribution < -0.4 is 10.6 Å². The van der Waals surface area contributed by atoms with Crippen LogP contribution >= 0.6 is 11.3 Å². The average Bonchev–Trinajstić information content (AvgIpc) is 3.12. The van der Waals surface area contributed by atoms with E-state index in [1.807, 2.05) is 11.0 Å². The normalized spacial score (nSPS) is 14.1. The first-order valence-corrected chi connectivity index (χ1v) is 9.55. The minimum atomic E-state index is -0.256. The Bertz CT molecular complexity index is 789. The summed E-state index contributed by atoms with van der Waals surface area (Å²) in [6.45, 7) is 2.48. The molecule has 1 aromatic heterocycles. The Kier molecular flexibility index (Phi) is 6.22. The number of fused-ring (bicyclic) bond motifs is 1. The molecule has 3 rings (SSSR count). The second-order valence-electron chi connectivity index (χ2n) is 6.17. The molecule has 2 aromatic rings. The van der Waals surface area contributed by atoms with Gasteiger partial charge in [-0.2, -0.15) is 0 Å². The van der Waals surface area contributed by atoms with E-state index >= 15 is 0 Å². The summed E-state index contributed by atoms with van der Waals surface area (Å²) in [7, 11) is 1.67. The zero-order valence-corrected chi connectivity index (χ0v) is 15.6. The third-order valence-corrected chi connectivity index (χ3v) is 5.39. The molecule has 0 unspecified atom stereocenters. The highest BCUT2D eigenvalue weighted by molar-refractivity contribution is 7.10. The van der Waals surface area contributed by atoms with Gasteiger partial charge in [-0.1, -0.05) is 12.1 Å². The molecule has 0 fully saturated rings. The summed E-state index contributed by atoms with van der Waals surface area (Å²) in [4.78, 5) is 19.9. The van der Waals surface area contributed by atoms with Crippen LogP contribution in [0.3, 0.4) is 0 Å². The maximum atomic E-state index is 13.2. The number of aliphatic imine (C=N–C) groups is 1. The van der Waals surface area contributed by atoms with Crippen molar-refractivity contribution in [1.29, 1.82) is 0 Å². The number of thiophene rings is 1. The zero-order valence-electron chi connectivity index (χ0n) is 14.8.